The Morgan fingerprint density at radius 2 is 1.90 bits per heavy atom. The van der Waals surface area contributed by atoms with Gasteiger partial charge in [-0.15, -0.1) is 11.3 Å². The van der Waals surface area contributed by atoms with Gasteiger partial charge in [-0.25, -0.2) is 4.98 Å². The number of H-pyrrole nitrogens is 1. The van der Waals surface area contributed by atoms with Crippen molar-refractivity contribution in [1.82, 2.24) is 20.1 Å². The Kier molecular flexibility index (Phi) is 7.06. The Morgan fingerprint density at radius 1 is 1.26 bits per heavy atom. The molecule has 3 aromatic rings. The second-order valence-corrected chi connectivity index (χ2v) is 8.30. The maximum Gasteiger partial charge on any atom is 0.290 e. The lowest BCUT2D eigenvalue weighted by Gasteiger charge is -2.41. The zero-order valence-electron chi connectivity index (χ0n) is 17.9. The summed E-state index contributed by atoms with van der Waals surface area (Å²) in [5.74, 6) is 0.0691. The van der Waals surface area contributed by atoms with Crippen LogP contribution in [0, 0.1) is 13.8 Å². The lowest BCUT2D eigenvalue weighted by molar-refractivity contribution is -0.122. The van der Waals surface area contributed by atoms with Crippen molar-refractivity contribution in [2.24, 2.45) is 0 Å². The highest BCUT2D eigenvalue weighted by atomic mass is 32.1. The predicted octanol–water partition coefficient (Wildman–Crippen LogP) is 3.45. The number of hydrogen-bond acceptors (Lipinski definition) is 6. The molecular weight excluding hydrogens is 414 g/mol. The van der Waals surface area contributed by atoms with Gasteiger partial charge < -0.3 is 15.3 Å². The molecule has 9 heteroatoms. The number of piperidine rings is 1. The summed E-state index contributed by atoms with van der Waals surface area (Å²) in [6.45, 7) is 4.93. The van der Waals surface area contributed by atoms with Crippen LogP contribution in [0.4, 0.5) is 5.13 Å². The number of amides is 1. The van der Waals surface area contributed by atoms with Crippen LogP contribution in [-0.2, 0) is 10.2 Å². The maximum absolute atomic E-state index is 13.1. The van der Waals surface area contributed by atoms with Crippen molar-refractivity contribution in [3.8, 4) is 0 Å². The summed E-state index contributed by atoms with van der Waals surface area (Å²) in [6, 6.07) is 10.6. The standard InChI is InChI=1S/C21H25N5OS.CH2O2/c1-14-18(15(2)25-24-14)19(27)26-11-9-21(10-12-26,16-7-5-4-6-8-16)17-13-28-20(22-3)23-17;2-1-3/h4-8,13H,9-12H2,1-3H3,(H,22,23)(H,24,25);1H,(H,2,3). The lowest BCUT2D eigenvalue weighted by atomic mass is 9.70. The number of anilines is 1. The Hall–Kier alpha value is -3.20. The number of aryl methyl sites for hydroxylation is 2. The van der Waals surface area contributed by atoms with E-state index in [-0.39, 0.29) is 17.8 Å². The van der Waals surface area contributed by atoms with Gasteiger partial charge in [0.2, 0.25) is 0 Å². The molecule has 1 aliphatic heterocycles. The maximum atomic E-state index is 13.1. The van der Waals surface area contributed by atoms with Gasteiger partial charge in [-0.2, -0.15) is 5.10 Å². The van der Waals surface area contributed by atoms with Crippen molar-refractivity contribution in [2.75, 3.05) is 25.5 Å². The third-order valence-electron chi connectivity index (χ3n) is 5.78. The molecule has 164 valence electrons. The number of carboxylic acid groups (broad SMARTS) is 1. The summed E-state index contributed by atoms with van der Waals surface area (Å²) < 4.78 is 0. The van der Waals surface area contributed by atoms with Crippen molar-refractivity contribution >= 4 is 28.8 Å². The molecule has 0 radical (unpaired) electrons. The molecule has 1 saturated heterocycles. The molecular formula is C22H27N5O3S. The topological polar surface area (TPSA) is 111 Å². The summed E-state index contributed by atoms with van der Waals surface area (Å²) in [6.07, 6.45) is 1.71. The summed E-state index contributed by atoms with van der Waals surface area (Å²) >= 11 is 1.63. The van der Waals surface area contributed by atoms with Gasteiger partial charge in [0.1, 0.15) is 0 Å². The number of aromatic nitrogens is 3. The molecule has 0 saturated carbocycles. The number of nitrogens with one attached hydrogen (secondary N) is 2. The van der Waals surface area contributed by atoms with E-state index in [2.05, 4.69) is 45.2 Å². The first-order chi connectivity index (χ1) is 15.0. The molecule has 1 fully saturated rings. The van der Waals surface area contributed by atoms with Gasteiger partial charge in [0.25, 0.3) is 12.4 Å². The molecule has 0 aliphatic carbocycles. The Balaban J connectivity index is 0.000000858. The number of carbonyl (C=O) groups excluding carboxylic acids is 1. The summed E-state index contributed by atoms with van der Waals surface area (Å²) in [7, 11) is 1.90. The fraction of sp³-hybridized carbons (Fsp3) is 0.364. The molecule has 0 spiro atoms. The Labute approximate surface area is 185 Å². The minimum absolute atomic E-state index is 0.0691. The number of rotatable bonds is 4. The van der Waals surface area contributed by atoms with Crippen molar-refractivity contribution in [3.05, 3.63) is 63.9 Å². The van der Waals surface area contributed by atoms with E-state index >= 15 is 0 Å². The van der Waals surface area contributed by atoms with Gasteiger partial charge in [0.05, 0.1) is 17.0 Å². The van der Waals surface area contributed by atoms with Crippen LogP contribution >= 0.6 is 11.3 Å². The van der Waals surface area contributed by atoms with Gasteiger partial charge in [-0.3, -0.25) is 14.7 Å². The summed E-state index contributed by atoms with van der Waals surface area (Å²) in [4.78, 5) is 28.2. The van der Waals surface area contributed by atoms with E-state index in [4.69, 9.17) is 14.9 Å². The first-order valence-corrected chi connectivity index (χ1v) is 10.9. The van der Waals surface area contributed by atoms with Gasteiger partial charge in [0, 0.05) is 36.6 Å². The molecule has 0 atom stereocenters. The zero-order chi connectivity index (χ0) is 22.4. The van der Waals surface area contributed by atoms with Gasteiger partial charge in [-0.1, -0.05) is 30.3 Å². The molecule has 4 rings (SSSR count). The van der Waals surface area contributed by atoms with Crippen LogP contribution < -0.4 is 5.32 Å². The molecule has 3 N–H and O–H groups in total. The number of aromatic amines is 1. The van der Waals surface area contributed by atoms with Crippen molar-refractivity contribution < 1.29 is 14.7 Å². The molecule has 1 aromatic carbocycles. The number of hydrogen-bond donors (Lipinski definition) is 3. The Morgan fingerprint density at radius 3 is 2.42 bits per heavy atom. The molecule has 3 heterocycles. The molecule has 0 unspecified atom stereocenters. The molecule has 1 aliphatic rings. The zero-order valence-corrected chi connectivity index (χ0v) is 18.7. The first kappa shape index (κ1) is 22.5. The molecule has 2 aromatic heterocycles. The second kappa shape index (κ2) is 9.74. The SMILES string of the molecule is CNc1nc(C2(c3ccccc3)CCN(C(=O)c3c(C)n[nH]c3C)CC2)cs1.O=CO. The monoisotopic (exact) mass is 441 g/mol. The predicted molar refractivity (Wildman–Crippen MR) is 121 cm³/mol. The largest absolute Gasteiger partial charge is 0.483 e. The van der Waals surface area contributed by atoms with Crippen molar-refractivity contribution in [2.45, 2.75) is 32.1 Å². The fourth-order valence-corrected chi connectivity index (χ4v) is 4.94. The summed E-state index contributed by atoms with van der Waals surface area (Å²) in [5, 5.41) is 20.2. The van der Waals surface area contributed by atoms with Crippen molar-refractivity contribution in [1.29, 1.82) is 0 Å². The van der Waals surface area contributed by atoms with E-state index in [0.717, 1.165) is 35.1 Å². The number of benzene rings is 1. The van der Waals surface area contributed by atoms with Crippen molar-refractivity contribution in [3.63, 3.8) is 0 Å². The van der Waals surface area contributed by atoms with Gasteiger partial charge in [0.15, 0.2) is 5.13 Å². The number of likely N-dealkylation sites (tertiary alicyclic amines) is 1. The smallest absolute Gasteiger partial charge is 0.290 e. The molecule has 0 bridgehead atoms. The van der Waals surface area contributed by atoms with E-state index in [1.165, 1.54) is 5.56 Å². The minimum atomic E-state index is -0.250. The first-order valence-electron chi connectivity index (χ1n) is 10.0. The highest BCUT2D eigenvalue weighted by Gasteiger charge is 2.41. The third kappa shape index (κ3) is 4.46. The fourth-order valence-electron chi connectivity index (χ4n) is 4.17. The number of carbonyl (C=O) groups is 2. The lowest BCUT2D eigenvalue weighted by Crippen LogP contribution is -2.46. The molecule has 8 nitrogen and oxygen atoms in total. The average Bonchev–Trinajstić information content (AvgIpc) is 3.41. The van der Waals surface area contributed by atoms with Crippen LogP contribution in [0.5, 0.6) is 0 Å². The Bertz CT molecular complexity index is 1000. The van der Waals surface area contributed by atoms with Crippen LogP contribution in [0.3, 0.4) is 0 Å². The third-order valence-corrected chi connectivity index (χ3v) is 6.64. The highest BCUT2D eigenvalue weighted by Crippen LogP contribution is 2.42. The van der Waals surface area contributed by atoms with E-state index in [9.17, 15) is 4.79 Å². The van der Waals surface area contributed by atoms with E-state index in [1.54, 1.807) is 11.3 Å². The number of nitrogens with zero attached hydrogens (tertiary/aromatic N) is 3. The normalized spacial score (nSPS) is 15.0. The number of thiazole rings is 1. The molecule has 31 heavy (non-hydrogen) atoms. The highest BCUT2D eigenvalue weighted by molar-refractivity contribution is 7.13. The van der Waals surface area contributed by atoms with Crippen LogP contribution in [0.25, 0.3) is 0 Å². The van der Waals surface area contributed by atoms with Crippen LogP contribution in [0.2, 0.25) is 0 Å². The van der Waals surface area contributed by atoms with Crippen LogP contribution in [0.15, 0.2) is 35.7 Å². The van der Waals surface area contributed by atoms with Gasteiger partial charge >= 0.3 is 0 Å². The molecule has 1 amide bonds. The van der Waals surface area contributed by atoms with E-state index in [1.807, 2.05) is 31.9 Å². The van der Waals surface area contributed by atoms with Crippen LogP contribution in [0.1, 0.15) is 45.8 Å². The summed E-state index contributed by atoms with van der Waals surface area (Å²) in [5.41, 5.74) is 4.51. The van der Waals surface area contributed by atoms with Gasteiger partial charge in [-0.05, 0) is 32.3 Å². The quantitative estimate of drug-likeness (QED) is 0.535. The second-order valence-electron chi connectivity index (χ2n) is 7.44. The minimum Gasteiger partial charge on any atom is -0.483 e. The van der Waals surface area contributed by atoms with E-state index < -0.39 is 0 Å². The van der Waals surface area contributed by atoms with Crippen LogP contribution in [-0.4, -0.2) is 57.7 Å². The average molecular weight is 442 g/mol. The van der Waals surface area contributed by atoms with E-state index in [0.29, 0.717) is 18.7 Å².